The van der Waals surface area contributed by atoms with Crippen LogP contribution in [0.4, 0.5) is 0 Å². The fourth-order valence-electron chi connectivity index (χ4n) is 3.75. The van der Waals surface area contributed by atoms with Gasteiger partial charge in [0.1, 0.15) is 5.82 Å². The lowest BCUT2D eigenvalue weighted by atomic mass is 9.99. The van der Waals surface area contributed by atoms with Crippen LogP contribution in [0.15, 0.2) is 72.8 Å². The molecule has 0 aliphatic carbocycles. The first-order valence-electron chi connectivity index (χ1n) is 10.3. The zero-order chi connectivity index (χ0) is 21.8. The SMILES string of the molecule is CCCS(=O)Cc1nc2ccccc2n1Cc1ccc(-c2ccccc2C(=O)O)cc1. The normalized spacial score (nSPS) is 12.2. The minimum atomic E-state index is -0.941. The van der Waals surface area contributed by atoms with Crippen LogP contribution in [0.5, 0.6) is 0 Å². The first-order valence-corrected chi connectivity index (χ1v) is 11.8. The van der Waals surface area contributed by atoms with Crippen molar-refractivity contribution in [2.45, 2.75) is 25.6 Å². The number of aromatic carboxylic acids is 1. The minimum Gasteiger partial charge on any atom is -0.478 e. The quantitative estimate of drug-likeness (QED) is 0.420. The molecule has 31 heavy (non-hydrogen) atoms. The van der Waals surface area contributed by atoms with Crippen molar-refractivity contribution in [1.29, 1.82) is 0 Å². The molecule has 4 rings (SSSR count). The van der Waals surface area contributed by atoms with Crippen LogP contribution in [-0.4, -0.2) is 30.6 Å². The van der Waals surface area contributed by atoms with Crippen LogP contribution < -0.4 is 0 Å². The molecule has 0 aliphatic heterocycles. The summed E-state index contributed by atoms with van der Waals surface area (Å²) in [4.78, 5) is 16.3. The standard InChI is InChI=1S/C25H24N2O3S/c1-2-15-31(30)17-24-26-22-9-5-6-10-23(22)27(24)16-18-11-13-19(14-12-18)20-7-3-4-8-21(20)25(28)29/h3-14H,2,15-17H2,1H3,(H,28,29). The van der Waals surface area contributed by atoms with E-state index in [1.807, 2.05) is 67.6 Å². The van der Waals surface area contributed by atoms with Gasteiger partial charge in [0.2, 0.25) is 0 Å². The van der Waals surface area contributed by atoms with Gasteiger partial charge < -0.3 is 9.67 Å². The lowest BCUT2D eigenvalue weighted by Crippen LogP contribution is -2.09. The number of carboxylic acid groups (broad SMARTS) is 1. The van der Waals surface area contributed by atoms with Crippen LogP contribution >= 0.6 is 0 Å². The minimum absolute atomic E-state index is 0.288. The van der Waals surface area contributed by atoms with Crippen LogP contribution in [-0.2, 0) is 23.1 Å². The van der Waals surface area contributed by atoms with Gasteiger partial charge in [-0.2, -0.15) is 0 Å². The highest BCUT2D eigenvalue weighted by Gasteiger charge is 2.14. The summed E-state index contributed by atoms with van der Waals surface area (Å²) in [5.74, 6) is 0.996. The fourth-order valence-corrected chi connectivity index (χ4v) is 4.86. The Hall–Kier alpha value is -3.25. The smallest absolute Gasteiger partial charge is 0.336 e. The number of carbonyl (C=O) groups is 1. The van der Waals surface area contributed by atoms with Crippen LogP contribution in [0, 0.1) is 0 Å². The first-order chi connectivity index (χ1) is 15.1. The van der Waals surface area contributed by atoms with Crippen molar-refractivity contribution in [3.63, 3.8) is 0 Å². The van der Waals surface area contributed by atoms with Crippen LogP contribution in [0.1, 0.15) is 35.1 Å². The highest BCUT2D eigenvalue weighted by Crippen LogP contribution is 2.25. The highest BCUT2D eigenvalue weighted by molar-refractivity contribution is 7.84. The molecule has 0 fully saturated rings. The van der Waals surface area contributed by atoms with Gasteiger partial charge in [-0.1, -0.05) is 61.5 Å². The molecule has 1 heterocycles. The molecule has 0 bridgehead atoms. The molecule has 5 nitrogen and oxygen atoms in total. The number of carboxylic acids is 1. The topological polar surface area (TPSA) is 72.2 Å². The Kier molecular flexibility index (Phi) is 6.28. The molecule has 1 N–H and O–H groups in total. The van der Waals surface area contributed by atoms with Gasteiger partial charge in [-0.3, -0.25) is 4.21 Å². The Labute approximate surface area is 183 Å². The van der Waals surface area contributed by atoms with E-state index in [9.17, 15) is 14.1 Å². The summed E-state index contributed by atoms with van der Waals surface area (Å²) in [5, 5.41) is 9.46. The number of nitrogens with zero attached hydrogens (tertiary/aromatic N) is 2. The van der Waals surface area contributed by atoms with Crippen molar-refractivity contribution in [3.05, 3.63) is 89.7 Å². The van der Waals surface area contributed by atoms with E-state index in [0.717, 1.165) is 34.4 Å². The Bertz CT molecular complexity index is 1250. The lowest BCUT2D eigenvalue weighted by molar-refractivity contribution is 0.0697. The Morgan fingerprint density at radius 3 is 2.45 bits per heavy atom. The van der Waals surface area contributed by atoms with Gasteiger partial charge in [0, 0.05) is 23.1 Å². The van der Waals surface area contributed by atoms with Crippen LogP contribution in [0.2, 0.25) is 0 Å². The first kappa shape index (κ1) is 21.0. The second kappa shape index (κ2) is 9.27. The van der Waals surface area contributed by atoms with Gasteiger partial charge in [-0.05, 0) is 41.3 Å². The summed E-state index contributed by atoms with van der Waals surface area (Å²) in [6, 6.07) is 22.9. The third-order valence-electron chi connectivity index (χ3n) is 5.22. The maximum atomic E-state index is 12.4. The molecule has 1 aromatic heterocycles. The van der Waals surface area contributed by atoms with E-state index in [-0.39, 0.29) is 5.56 Å². The van der Waals surface area contributed by atoms with Gasteiger partial charge in [0.15, 0.2) is 0 Å². The van der Waals surface area contributed by atoms with E-state index in [2.05, 4.69) is 4.57 Å². The molecule has 1 unspecified atom stereocenters. The van der Waals surface area contributed by atoms with E-state index >= 15 is 0 Å². The molecule has 0 spiro atoms. The number of fused-ring (bicyclic) bond motifs is 1. The maximum Gasteiger partial charge on any atom is 0.336 e. The molecule has 0 radical (unpaired) electrons. The predicted molar refractivity (Wildman–Crippen MR) is 125 cm³/mol. The van der Waals surface area contributed by atoms with Gasteiger partial charge >= 0.3 is 5.97 Å². The molecule has 3 aromatic carbocycles. The Balaban J connectivity index is 1.65. The molecule has 0 aliphatic rings. The van der Waals surface area contributed by atoms with Gasteiger partial charge in [0.25, 0.3) is 0 Å². The molecule has 1 atom stereocenters. The number of aromatic nitrogens is 2. The fraction of sp³-hybridized carbons (Fsp3) is 0.200. The molecule has 158 valence electrons. The number of hydrogen-bond donors (Lipinski definition) is 1. The highest BCUT2D eigenvalue weighted by atomic mass is 32.2. The second-order valence-corrected chi connectivity index (χ2v) is 9.02. The van der Waals surface area contributed by atoms with E-state index in [4.69, 9.17) is 4.98 Å². The van der Waals surface area contributed by atoms with Crippen molar-refractivity contribution < 1.29 is 14.1 Å². The van der Waals surface area contributed by atoms with Crippen LogP contribution in [0.25, 0.3) is 22.2 Å². The number of hydrogen-bond acceptors (Lipinski definition) is 3. The Morgan fingerprint density at radius 1 is 1.00 bits per heavy atom. The molecule has 0 saturated carbocycles. The molecular formula is C25H24N2O3S. The van der Waals surface area contributed by atoms with Gasteiger partial charge in [0.05, 0.1) is 22.3 Å². The Morgan fingerprint density at radius 2 is 1.71 bits per heavy atom. The molecule has 6 heteroatoms. The average molecular weight is 433 g/mol. The van der Waals surface area contributed by atoms with Gasteiger partial charge in [-0.15, -0.1) is 0 Å². The lowest BCUT2D eigenvalue weighted by Gasteiger charge is -2.11. The van der Waals surface area contributed by atoms with E-state index in [0.29, 0.717) is 23.6 Å². The van der Waals surface area contributed by atoms with E-state index in [1.54, 1.807) is 12.1 Å². The summed E-state index contributed by atoms with van der Waals surface area (Å²) in [5.41, 5.74) is 4.84. The van der Waals surface area contributed by atoms with Crippen LogP contribution in [0.3, 0.4) is 0 Å². The predicted octanol–water partition coefficient (Wildman–Crippen LogP) is 5.11. The molecule has 4 aromatic rings. The van der Waals surface area contributed by atoms with Crippen molar-refractivity contribution in [3.8, 4) is 11.1 Å². The number of rotatable bonds is 8. The third-order valence-corrected chi connectivity index (χ3v) is 6.66. The van der Waals surface area contributed by atoms with Gasteiger partial charge in [-0.25, -0.2) is 9.78 Å². The van der Waals surface area contributed by atoms with Crippen molar-refractivity contribution >= 4 is 27.8 Å². The van der Waals surface area contributed by atoms with Crippen molar-refractivity contribution in [1.82, 2.24) is 9.55 Å². The molecule has 0 amide bonds. The van der Waals surface area contributed by atoms with Crippen molar-refractivity contribution in [2.75, 3.05) is 5.75 Å². The van der Waals surface area contributed by atoms with E-state index in [1.165, 1.54) is 0 Å². The third kappa shape index (κ3) is 4.59. The summed E-state index contributed by atoms with van der Waals surface area (Å²) in [6.45, 7) is 2.64. The average Bonchev–Trinajstić information content (AvgIpc) is 3.11. The second-order valence-electron chi connectivity index (χ2n) is 7.44. The summed E-state index contributed by atoms with van der Waals surface area (Å²) in [7, 11) is -0.941. The summed E-state index contributed by atoms with van der Waals surface area (Å²) in [6.07, 6.45) is 0.881. The number of benzene rings is 3. The number of para-hydroxylation sites is 2. The molecule has 0 saturated heterocycles. The van der Waals surface area contributed by atoms with Crippen molar-refractivity contribution in [2.24, 2.45) is 0 Å². The summed E-state index contributed by atoms with van der Waals surface area (Å²) >= 11 is 0. The number of imidazole rings is 1. The maximum absolute atomic E-state index is 12.4. The zero-order valence-electron chi connectivity index (χ0n) is 17.3. The van der Waals surface area contributed by atoms with E-state index < -0.39 is 16.8 Å². The summed E-state index contributed by atoms with van der Waals surface area (Å²) < 4.78 is 14.5. The monoisotopic (exact) mass is 432 g/mol. The zero-order valence-corrected chi connectivity index (χ0v) is 18.1. The largest absolute Gasteiger partial charge is 0.478 e. The molecular weight excluding hydrogens is 408 g/mol.